The Bertz CT molecular complexity index is 2840. The van der Waals surface area contributed by atoms with Gasteiger partial charge in [-0.15, -0.1) is 17.5 Å². The van der Waals surface area contributed by atoms with Gasteiger partial charge in [0.2, 0.25) is 6.04 Å². The van der Waals surface area contributed by atoms with Crippen molar-refractivity contribution in [1.82, 2.24) is 9.55 Å². The van der Waals surface area contributed by atoms with Crippen LogP contribution in [0.3, 0.4) is 0 Å². The number of nitrogens with zero attached hydrogens (tertiary/aromatic N) is 4. The Hall–Kier alpha value is -5.32. The molecule has 0 fully saturated rings. The molecule has 4 heterocycles. The van der Waals surface area contributed by atoms with Gasteiger partial charge in [-0.1, -0.05) is 118 Å². The maximum Gasteiger partial charge on any atom is 2.00 e. The third kappa shape index (κ3) is 6.31. The average molecular weight is 903 g/mol. The number of fused-ring (bicyclic) bond motifs is 6. The number of aromatic nitrogens is 2. The summed E-state index contributed by atoms with van der Waals surface area (Å²) in [4.78, 5) is 4.85. The van der Waals surface area contributed by atoms with Gasteiger partial charge in [-0.05, 0) is 81.7 Å². The van der Waals surface area contributed by atoms with Gasteiger partial charge >= 0.3 is 21.1 Å². The summed E-state index contributed by atoms with van der Waals surface area (Å²) in [6.45, 7) is 17.8. The number of hydrogen-bond acceptors (Lipinski definition) is 4. The second-order valence-corrected chi connectivity index (χ2v) is 16.5. The standard InChI is InChI=1S/C48H43N4O2.Pt/c1-29-23-32(48(6,7)8)24-30(2)45(29)40-20-22-50-52(40)33-26-38-37-14-10-12-16-42(37)54-46(38)43(27-33)53-34-17-18-36-35-13-9-11-15-39(35)51(41(36)28-34)44-25-31(19-21-49-44)47(3,4)5;/h9-26,40H,1-8H3;/q-1;+2. The number of rotatable bonds is 5. The molecule has 3 aromatic heterocycles. The van der Waals surface area contributed by atoms with Gasteiger partial charge < -0.3 is 13.7 Å². The minimum atomic E-state index is -0.103. The maximum atomic E-state index is 6.81. The molecule has 6 nitrogen and oxygen atoms in total. The van der Waals surface area contributed by atoms with Crippen LogP contribution in [0.1, 0.15) is 75.4 Å². The minimum Gasteiger partial charge on any atom is -0.512 e. The Balaban J connectivity index is 0.00000427. The number of pyridine rings is 1. The van der Waals surface area contributed by atoms with Gasteiger partial charge in [0.25, 0.3) is 0 Å². The van der Waals surface area contributed by atoms with Crippen LogP contribution >= 0.6 is 0 Å². The van der Waals surface area contributed by atoms with Crippen LogP contribution in [0, 0.1) is 26.0 Å². The Labute approximate surface area is 336 Å². The Morgan fingerprint density at radius 1 is 0.745 bits per heavy atom. The number of para-hydroxylation sites is 2. The van der Waals surface area contributed by atoms with Crippen molar-refractivity contribution in [2.45, 2.75) is 72.3 Å². The van der Waals surface area contributed by atoms with E-state index in [1.165, 1.54) is 27.8 Å². The number of benzene rings is 5. The summed E-state index contributed by atoms with van der Waals surface area (Å²) in [5.41, 5.74) is 10.4. The summed E-state index contributed by atoms with van der Waals surface area (Å²) in [7, 11) is 0. The summed E-state index contributed by atoms with van der Waals surface area (Å²) in [5, 5.41) is 9.02. The van der Waals surface area contributed by atoms with Crippen LogP contribution in [0.4, 0.5) is 5.69 Å². The van der Waals surface area contributed by atoms with E-state index in [1.807, 2.05) is 41.4 Å². The Kier molecular flexibility index (Phi) is 8.97. The third-order valence-electron chi connectivity index (χ3n) is 10.7. The molecule has 1 aliphatic heterocycles. The van der Waals surface area contributed by atoms with Crippen LogP contribution in [0.2, 0.25) is 0 Å². The first-order chi connectivity index (χ1) is 25.8. The molecule has 1 unspecified atom stereocenters. The van der Waals surface area contributed by atoms with E-state index in [1.54, 1.807) is 0 Å². The molecule has 55 heavy (non-hydrogen) atoms. The predicted octanol–water partition coefficient (Wildman–Crippen LogP) is 13.0. The molecule has 1 atom stereocenters. The van der Waals surface area contributed by atoms with Crippen molar-refractivity contribution < 1.29 is 34.9 Å². The molecule has 0 spiro atoms. The first kappa shape index (κ1) is 36.6. The Morgan fingerprint density at radius 2 is 1.45 bits per heavy atom. The van der Waals surface area contributed by atoms with E-state index in [0.717, 1.165) is 49.7 Å². The van der Waals surface area contributed by atoms with E-state index < -0.39 is 0 Å². The molecule has 276 valence electrons. The molecule has 7 heteroatoms. The summed E-state index contributed by atoms with van der Waals surface area (Å²) in [6, 6.07) is 38.7. The van der Waals surface area contributed by atoms with Gasteiger partial charge in [0, 0.05) is 34.5 Å². The van der Waals surface area contributed by atoms with Gasteiger partial charge in [-0.25, -0.2) is 4.98 Å². The van der Waals surface area contributed by atoms with Crippen LogP contribution in [0.25, 0.3) is 49.6 Å². The van der Waals surface area contributed by atoms with E-state index in [2.05, 4.69) is 145 Å². The molecule has 0 N–H and O–H groups in total. The molecule has 0 saturated carbocycles. The predicted molar refractivity (Wildman–Crippen MR) is 218 cm³/mol. The van der Waals surface area contributed by atoms with Crippen molar-refractivity contribution >= 4 is 49.4 Å². The summed E-state index contributed by atoms with van der Waals surface area (Å²) < 4.78 is 17.5. The zero-order valence-corrected chi connectivity index (χ0v) is 34.7. The van der Waals surface area contributed by atoms with Gasteiger partial charge in [-0.2, -0.15) is 6.07 Å². The second-order valence-electron chi connectivity index (χ2n) is 16.5. The number of azo groups is 2. The zero-order chi connectivity index (χ0) is 37.5. The fraction of sp³-hybridized carbons (Fsp3) is 0.229. The van der Waals surface area contributed by atoms with Crippen molar-refractivity contribution in [2.75, 3.05) is 0 Å². The molecular formula is C48H43N4O2Pt+. The van der Waals surface area contributed by atoms with Crippen molar-refractivity contribution in [1.29, 1.82) is 0 Å². The van der Waals surface area contributed by atoms with Crippen molar-refractivity contribution in [3.05, 3.63) is 149 Å². The molecular weight excluding hydrogens is 860 g/mol. The second kappa shape index (κ2) is 13.5. The number of ether oxygens (including phenoxy) is 1. The molecule has 0 radical (unpaired) electrons. The topological polar surface area (TPSA) is 55.6 Å². The SMILES string of the molecule is Cc1cc(C(C)(C)C)cc(C)c1C1C=CN=[N+]1c1[c-]c(Oc2[c-]c3c(cc2)c2ccccc2n3-c2cc(C(C)(C)C)ccn2)c2oc3ccccc3c2c1.[Pt+2]. The zero-order valence-electron chi connectivity index (χ0n) is 32.4. The first-order valence-electron chi connectivity index (χ1n) is 18.6. The summed E-state index contributed by atoms with van der Waals surface area (Å²) in [5.74, 6) is 1.86. The van der Waals surface area contributed by atoms with Gasteiger partial charge in [0.15, 0.2) is 0 Å². The molecule has 0 amide bonds. The number of furan rings is 1. The summed E-state index contributed by atoms with van der Waals surface area (Å²) in [6.07, 6.45) is 5.93. The number of hydrogen-bond donors (Lipinski definition) is 0. The average Bonchev–Trinajstić information content (AvgIpc) is 3.85. The van der Waals surface area contributed by atoms with Crippen molar-refractivity contribution in [3.8, 4) is 17.3 Å². The molecule has 0 aliphatic carbocycles. The van der Waals surface area contributed by atoms with E-state index in [0.29, 0.717) is 17.1 Å². The summed E-state index contributed by atoms with van der Waals surface area (Å²) >= 11 is 0. The van der Waals surface area contributed by atoms with E-state index >= 15 is 0 Å². The molecule has 5 aromatic carbocycles. The van der Waals surface area contributed by atoms with Crippen LogP contribution < -0.4 is 4.74 Å². The molecule has 0 bridgehead atoms. The molecule has 0 saturated heterocycles. The molecule has 8 aromatic rings. The van der Waals surface area contributed by atoms with Crippen LogP contribution in [-0.4, -0.2) is 14.2 Å². The van der Waals surface area contributed by atoms with Crippen LogP contribution in [-0.2, 0) is 31.9 Å². The third-order valence-corrected chi connectivity index (χ3v) is 10.7. The minimum absolute atomic E-state index is 0. The van der Waals surface area contributed by atoms with Gasteiger partial charge in [0.1, 0.15) is 17.1 Å². The normalized spacial score (nSPS) is 14.6. The fourth-order valence-corrected chi connectivity index (χ4v) is 7.86. The van der Waals surface area contributed by atoms with E-state index in [4.69, 9.17) is 19.3 Å². The van der Waals surface area contributed by atoms with Gasteiger partial charge in [0.05, 0.1) is 17.5 Å². The Morgan fingerprint density at radius 3 is 2.20 bits per heavy atom. The molecule has 9 rings (SSSR count). The quantitative estimate of drug-likeness (QED) is 0.128. The van der Waals surface area contributed by atoms with Gasteiger partial charge in [-0.3, -0.25) is 0 Å². The van der Waals surface area contributed by atoms with E-state index in [9.17, 15) is 0 Å². The van der Waals surface area contributed by atoms with Crippen molar-refractivity contribution in [3.63, 3.8) is 0 Å². The van der Waals surface area contributed by atoms with Crippen molar-refractivity contribution in [2.24, 2.45) is 5.11 Å². The molecule has 1 aliphatic rings. The van der Waals surface area contributed by atoms with Crippen LogP contribution in [0.5, 0.6) is 11.5 Å². The van der Waals surface area contributed by atoms with Crippen LogP contribution in [0.15, 0.2) is 119 Å². The smallest absolute Gasteiger partial charge is 0.512 e. The monoisotopic (exact) mass is 902 g/mol. The van der Waals surface area contributed by atoms with E-state index in [-0.39, 0.29) is 37.9 Å². The largest absolute Gasteiger partial charge is 2.00 e. The maximum absolute atomic E-state index is 6.81. The first-order valence-corrected chi connectivity index (χ1v) is 18.6. The fourth-order valence-electron chi connectivity index (χ4n) is 7.86. The number of aryl methyl sites for hydroxylation is 2.